The third-order valence-corrected chi connectivity index (χ3v) is 5.56. The van der Waals surface area contributed by atoms with Gasteiger partial charge in [0.15, 0.2) is 0 Å². The summed E-state index contributed by atoms with van der Waals surface area (Å²) in [5.41, 5.74) is 17.3. The van der Waals surface area contributed by atoms with Crippen LogP contribution in [-0.4, -0.2) is 144 Å². The highest BCUT2D eigenvalue weighted by Crippen LogP contribution is 2.01. The van der Waals surface area contributed by atoms with E-state index in [1.807, 2.05) is 14.1 Å². The van der Waals surface area contributed by atoms with Gasteiger partial charge in [-0.25, -0.2) is 0 Å². The van der Waals surface area contributed by atoms with E-state index in [0.29, 0.717) is 25.7 Å². The minimum atomic E-state index is 0.533. The molecule has 9 heteroatoms. The van der Waals surface area contributed by atoms with Crippen molar-refractivity contribution in [2.75, 3.05) is 119 Å². The van der Waals surface area contributed by atoms with Crippen LogP contribution in [0.1, 0.15) is 13.8 Å². The standard InChI is InChI=1S/C21H53N9/c1-21(2)30(19-17-28(12-7-24)13-8-25-3)20-18-29(14-9-26-4)16-15-27(10-5-22)11-6-23/h21,25-26H,5-20,22-24H2,1-4H3. The van der Waals surface area contributed by atoms with E-state index in [4.69, 9.17) is 17.2 Å². The summed E-state index contributed by atoms with van der Waals surface area (Å²) in [4.78, 5) is 9.98. The molecule has 0 bridgehead atoms. The molecule has 0 aromatic heterocycles. The van der Waals surface area contributed by atoms with Gasteiger partial charge in [-0.1, -0.05) is 0 Å². The molecule has 0 atom stereocenters. The number of nitrogens with two attached hydrogens (primary N) is 3. The Kier molecular flexibility index (Phi) is 20.3. The van der Waals surface area contributed by atoms with Gasteiger partial charge in [0.1, 0.15) is 0 Å². The van der Waals surface area contributed by atoms with Gasteiger partial charge in [0.25, 0.3) is 0 Å². The first kappa shape index (κ1) is 29.6. The number of likely N-dealkylation sites (N-methyl/N-ethyl adjacent to an activating group) is 2. The third-order valence-electron chi connectivity index (χ3n) is 5.56. The van der Waals surface area contributed by atoms with E-state index in [2.05, 4.69) is 44.1 Å². The molecule has 0 aromatic carbocycles. The van der Waals surface area contributed by atoms with Crippen LogP contribution in [0.3, 0.4) is 0 Å². The fraction of sp³-hybridized carbons (Fsp3) is 1.00. The van der Waals surface area contributed by atoms with Crippen molar-refractivity contribution < 1.29 is 0 Å². The molecule has 0 rings (SSSR count). The molecule has 0 heterocycles. The average Bonchev–Trinajstić information content (AvgIpc) is 2.72. The summed E-state index contributed by atoms with van der Waals surface area (Å²) >= 11 is 0. The smallest absolute Gasteiger partial charge is 0.0113 e. The SMILES string of the molecule is CNCCN(CCN)CCN(CCN(CCNC)CCN(CCN)CCN)C(C)C. The Morgan fingerprint density at radius 3 is 1.20 bits per heavy atom. The minimum absolute atomic E-state index is 0.533. The lowest BCUT2D eigenvalue weighted by Crippen LogP contribution is -2.47. The van der Waals surface area contributed by atoms with Crippen LogP contribution in [-0.2, 0) is 0 Å². The van der Waals surface area contributed by atoms with Gasteiger partial charge in [-0.05, 0) is 27.9 Å². The zero-order valence-electron chi connectivity index (χ0n) is 20.4. The first-order valence-electron chi connectivity index (χ1n) is 11.8. The maximum absolute atomic E-state index is 5.81. The molecule has 182 valence electrons. The van der Waals surface area contributed by atoms with E-state index in [0.717, 1.165) is 85.1 Å². The predicted molar refractivity (Wildman–Crippen MR) is 131 cm³/mol. The molecular formula is C21H53N9. The Bertz CT molecular complexity index is 351. The number of hydrogen-bond acceptors (Lipinski definition) is 9. The normalized spacial score (nSPS) is 12.4. The van der Waals surface area contributed by atoms with Crippen LogP contribution < -0.4 is 27.8 Å². The van der Waals surface area contributed by atoms with Crippen molar-refractivity contribution >= 4 is 0 Å². The molecule has 9 nitrogen and oxygen atoms in total. The first-order valence-corrected chi connectivity index (χ1v) is 11.8. The number of nitrogens with one attached hydrogen (secondary N) is 2. The summed E-state index contributed by atoms with van der Waals surface area (Å²) in [6, 6.07) is 0.533. The van der Waals surface area contributed by atoms with E-state index < -0.39 is 0 Å². The largest absolute Gasteiger partial charge is 0.329 e. The molecule has 0 aliphatic rings. The highest BCUT2D eigenvalue weighted by Gasteiger charge is 2.15. The monoisotopic (exact) mass is 431 g/mol. The minimum Gasteiger partial charge on any atom is -0.329 e. The second-order valence-corrected chi connectivity index (χ2v) is 8.23. The quantitative estimate of drug-likeness (QED) is 0.132. The summed E-state index contributed by atoms with van der Waals surface area (Å²) < 4.78 is 0. The Morgan fingerprint density at radius 2 is 0.867 bits per heavy atom. The molecular weight excluding hydrogens is 378 g/mol. The third kappa shape index (κ3) is 15.4. The highest BCUT2D eigenvalue weighted by molar-refractivity contribution is 4.72. The summed E-state index contributed by atoms with van der Waals surface area (Å²) in [7, 11) is 4.02. The number of nitrogens with zero attached hydrogens (tertiary/aromatic N) is 4. The van der Waals surface area contributed by atoms with Crippen molar-refractivity contribution in [2.45, 2.75) is 19.9 Å². The van der Waals surface area contributed by atoms with Crippen molar-refractivity contribution in [1.82, 2.24) is 30.2 Å². The van der Waals surface area contributed by atoms with Crippen molar-refractivity contribution in [2.24, 2.45) is 17.2 Å². The Balaban J connectivity index is 4.65. The summed E-state index contributed by atoms with van der Waals surface area (Å²) in [6.45, 7) is 19.9. The van der Waals surface area contributed by atoms with Gasteiger partial charge < -0.3 is 27.8 Å². The Hall–Kier alpha value is -0.360. The van der Waals surface area contributed by atoms with Gasteiger partial charge in [0.05, 0.1) is 0 Å². The molecule has 0 aliphatic carbocycles. The lowest BCUT2D eigenvalue weighted by atomic mass is 10.3. The van der Waals surface area contributed by atoms with Crippen LogP contribution in [0.25, 0.3) is 0 Å². The van der Waals surface area contributed by atoms with Gasteiger partial charge in [0, 0.05) is 111 Å². The molecule has 0 radical (unpaired) electrons. The number of rotatable bonds is 22. The van der Waals surface area contributed by atoms with Crippen LogP contribution in [0.2, 0.25) is 0 Å². The zero-order valence-corrected chi connectivity index (χ0v) is 20.4. The van der Waals surface area contributed by atoms with Crippen LogP contribution >= 0.6 is 0 Å². The van der Waals surface area contributed by atoms with Gasteiger partial charge in [-0.15, -0.1) is 0 Å². The molecule has 0 unspecified atom stereocenters. The highest BCUT2D eigenvalue weighted by atomic mass is 15.3. The van der Waals surface area contributed by atoms with Crippen molar-refractivity contribution in [3.63, 3.8) is 0 Å². The topological polar surface area (TPSA) is 115 Å². The van der Waals surface area contributed by atoms with Crippen LogP contribution in [0, 0.1) is 0 Å². The van der Waals surface area contributed by atoms with Crippen molar-refractivity contribution in [1.29, 1.82) is 0 Å². The summed E-state index contributed by atoms with van der Waals surface area (Å²) in [5, 5.41) is 6.53. The molecule has 0 fully saturated rings. The van der Waals surface area contributed by atoms with E-state index in [1.165, 1.54) is 0 Å². The van der Waals surface area contributed by atoms with Gasteiger partial charge >= 0.3 is 0 Å². The molecule has 0 saturated heterocycles. The Morgan fingerprint density at radius 1 is 0.533 bits per heavy atom. The van der Waals surface area contributed by atoms with E-state index >= 15 is 0 Å². The van der Waals surface area contributed by atoms with Crippen LogP contribution in [0.4, 0.5) is 0 Å². The summed E-state index contributed by atoms with van der Waals surface area (Å²) in [6.07, 6.45) is 0. The van der Waals surface area contributed by atoms with Crippen molar-refractivity contribution in [3.05, 3.63) is 0 Å². The van der Waals surface area contributed by atoms with Crippen LogP contribution in [0.5, 0.6) is 0 Å². The van der Waals surface area contributed by atoms with Gasteiger partial charge in [0.2, 0.25) is 0 Å². The maximum atomic E-state index is 5.81. The molecule has 30 heavy (non-hydrogen) atoms. The van der Waals surface area contributed by atoms with Gasteiger partial charge in [-0.3, -0.25) is 19.6 Å². The predicted octanol–water partition coefficient (Wildman–Crippen LogP) is -2.08. The number of hydrogen-bond donors (Lipinski definition) is 5. The molecule has 0 spiro atoms. The first-order chi connectivity index (χ1) is 14.5. The van der Waals surface area contributed by atoms with E-state index in [1.54, 1.807) is 0 Å². The maximum Gasteiger partial charge on any atom is 0.0113 e. The van der Waals surface area contributed by atoms with Crippen LogP contribution in [0.15, 0.2) is 0 Å². The fourth-order valence-corrected chi connectivity index (χ4v) is 3.54. The molecule has 0 aliphatic heterocycles. The zero-order chi connectivity index (χ0) is 22.6. The molecule has 0 aromatic rings. The van der Waals surface area contributed by atoms with E-state index in [-0.39, 0.29) is 0 Å². The Labute approximate surface area is 186 Å². The second kappa shape index (κ2) is 20.5. The lowest BCUT2D eigenvalue weighted by Gasteiger charge is -2.33. The lowest BCUT2D eigenvalue weighted by molar-refractivity contribution is 0.144. The fourth-order valence-electron chi connectivity index (χ4n) is 3.54. The molecule has 0 amide bonds. The average molecular weight is 432 g/mol. The molecule has 8 N–H and O–H groups in total. The second-order valence-electron chi connectivity index (χ2n) is 8.23. The molecule has 0 saturated carbocycles. The van der Waals surface area contributed by atoms with E-state index in [9.17, 15) is 0 Å². The van der Waals surface area contributed by atoms with Crippen molar-refractivity contribution in [3.8, 4) is 0 Å². The van der Waals surface area contributed by atoms with Gasteiger partial charge in [-0.2, -0.15) is 0 Å². The summed E-state index contributed by atoms with van der Waals surface area (Å²) in [5.74, 6) is 0.